The zero-order valence-electron chi connectivity index (χ0n) is 11.8. The summed E-state index contributed by atoms with van der Waals surface area (Å²) in [6.07, 6.45) is -0.785. The van der Waals surface area contributed by atoms with Crippen molar-refractivity contribution >= 4 is 0 Å². The molecule has 0 aromatic heterocycles. The van der Waals surface area contributed by atoms with Crippen LogP contribution in [0.2, 0.25) is 0 Å². The molecule has 0 spiro atoms. The zero-order valence-corrected chi connectivity index (χ0v) is 11.8. The van der Waals surface area contributed by atoms with Gasteiger partial charge in [0.1, 0.15) is 11.9 Å². The second kappa shape index (κ2) is 6.79. The lowest BCUT2D eigenvalue weighted by Gasteiger charge is -2.06. The quantitative estimate of drug-likeness (QED) is 0.862. The van der Waals surface area contributed by atoms with E-state index in [1.807, 2.05) is 62.4 Å². The fourth-order valence-electron chi connectivity index (χ4n) is 1.78. The summed E-state index contributed by atoms with van der Waals surface area (Å²) in [6, 6.07) is 15.3. The van der Waals surface area contributed by atoms with Gasteiger partial charge in [-0.1, -0.05) is 41.7 Å². The molecule has 0 heterocycles. The molecule has 0 radical (unpaired) electrons. The average Bonchev–Trinajstić information content (AvgIpc) is 2.47. The van der Waals surface area contributed by atoms with E-state index in [2.05, 4.69) is 11.8 Å². The molecule has 2 nitrogen and oxygen atoms in total. The molecule has 1 unspecified atom stereocenters. The van der Waals surface area contributed by atoms with Crippen LogP contribution < -0.4 is 4.74 Å². The first-order valence-electron chi connectivity index (χ1n) is 6.68. The van der Waals surface area contributed by atoms with E-state index < -0.39 is 6.10 Å². The molecule has 2 aromatic carbocycles. The molecule has 102 valence electrons. The van der Waals surface area contributed by atoms with Crippen molar-refractivity contribution in [1.29, 1.82) is 0 Å². The summed E-state index contributed by atoms with van der Waals surface area (Å²) in [6.45, 7) is 4.61. The molecule has 1 atom stereocenters. The van der Waals surface area contributed by atoms with Crippen LogP contribution in [0.15, 0.2) is 48.5 Å². The predicted octanol–water partition coefficient (Wildman–Crippen LogP) is 3.48. The van der Waals surface area contributed by atoms with Gasteiger partial charge < -0.3 is 9.84 Å². The van der Waals surface area contributed by atoms with Crippen molar-refractivity contribution in [3.8, 4) is 17.6 Å². The highest BCUT2D eigenvalue weighted by atomic mass is 16.5. The van der Waals surface area contributed by atoms with Crippen molar-refractivity contribution in [2.24, 2.45) is 0 Å². The van der Waals surface area contributed by atoms with E-state index in [1.54, 1.807) is 0 Å². The van der Waals surface area contributed by atoms with Crippen LogP contribution in [-0.2, 0) is 0 Å². The number of ether oxygens (including phenoxy) is 1. The molecule has 0 fully saturated rings. The maximum Gasteiger partial charge on any atom is 0.140 e. The lowest BCUT2D eigenvalue weighted by Crippen LogP contribution is -1.95. The van der Waals surface area contributed by atoms with Crippen LogP contribution in [0.4, 0.5) is 0 Å². The Bertz CT molecular complexity index is 601. The van der Waals surface area contributed by atoms with Gasteiger partial charge in [-0.15, -0.1) is 0 Å². The van der Waals surface area contributed by atoms with Gasteiger partial charge in [-0.2, -0.15) is 0 Å². The second-order valence-electron chi connectivity index (χ2n) is 4.54. The molecule has 20 heavy (non-hydrogen) atoms. The molecule has 1 N–H and O–H groups in total. The third kappa shape index (κ3) is 3.88. The first-order chi connectivity index (χ1) is 9.69. The average molecular weight is 266 g/mol. The van der Waals surface area contributed by atoms with Gasteiger partial charge in [0.25, 0.3) is 0 Å². The van der Waals surface area contributed by atoms with E-state index in [0.29, 0.717) is 6.61 Å². The van der Waals surface area contributed by atoms with Crippen molar-refractivity contribution in [3.05, 3.63) is 65.2 Å². The summed E-state index contributed by atoms with van der Waals surface area (Å²) in [5, 5.41) is 10.0. The highest BCUT2D eigenvalue weighted by Crippen LogP contribution is 2.17. The Labute approximate surface area is 120 Å². The van der Waals surface area contributed by atoms with Gasteiger partial charge in [0, 0.05) is 5.56 Å². The summed E-state index contributed by atoms with van der Waals surface area (Å²) in [5.74, 6) is 6.63. The van der Waals surface area contributed by atoms with E-state index in [0.717, 1.165) is 16.9 Å². The smallest absolute Gasteiger partial charge is 0.140 e. The molecule has 0 aliphatic heterocycles. The number of hydrogen-bond donors (Lipinski definition) is 1. The molecular weight excluding hydrogens is 248 g/mol. The van der Waals surface area contributed by atoms with E-state index in [4.69, 9.17) is 4.74 Å². The number of aryl methyl sites for hydroxylation is 1. The Morgan fingerprint density at radius 3 is 2.30 bits per heavy atom. The third-order valence-electron chi connectivity index (χ3n) is 2.91. The van der Waals surface area contributed by atoms with E-state index in [9.17, 15) is 5.11 Å². The van der Waals surface area contributed by atoms with Crippen molar-refractivity contribution in [3.63, 3.8) is 0 Å². The van der Waals surface area contributed by atoms with Crippen LogP contribution in [0.25, 0.3) is 0 Å². The Kier molecular flexibility index (Phi) is 4.81. The summed E-state index contributed by atoms with van der Waals surface area (Å²) in [5.41, 5.74) is 2.87. The third-order valence-corrected chi connectivity index (χ3v) is 2.91. The normalized spacial score (nSPS) is 11.3. The van der Waals surface area contributed by atoms with Gasteiger partial charge in [0.2, 0.25) is 0 Å². The monoisotopic (exact) mass is 266 g/mol. The van der Waals surface area contributed by atoms with Gasteiger partial charge in [-0.05, 0) is 43.7 Å². The van der Waals surface area contributed by atoms with Crippen LogP contribution in [-0.4, -0.2) is 11.7 Å². The lowest BCUT2D eigenvalue weighted by molar-refractivity contribution is 0.238. The Morgan fingerprint density at radius 2 is 1.70 bits per heavy atom. The van der Waals surface area contributed by atoms with Crippen molar-refractivity contribution in [2.45, 2.75) is 20.0 Å². The second-order valence-corrected chi connectivity index (χ2v) is 4.54. The number of aliphatic hydroxyl groups excluding tert-OH is 1. The molecule has 0 saturated carbocycles. The molecule has 2 rings (SSSR count). The fraction of sp³-hybridized carbons (Fsp3) is 0.222. The Hall–Kier alpha value is -2.24. The van der Waals surface area contributed by atoms with Crippen molar-refractivity contribution in [2.75, 3.05) is 6.61 Å². The van der Waals surface area contributed by atoms with E-state index in [-0.39, 0.29) is 0 Å². The summed E-state index contributed by atoms with van der Waals surface area (Å²) in [7, 11) is 0. The molecule has 2 aromatic rings. The summed E-state index contributed by atoms with van der Waals surface area (Å²) in [4.78, 5) is 0. The van der Waals surface area contributed by atoms with Crippen molar-refractivity contribution in [1.82, 2.24) is 0 Å². The van der Waals surface area contributed by atoms with Crippen LogP contribution in [0.1, 0.15) is 29.7 Å². The first kappa shape index (κ1) is 14.2. The van der Waals surface area contributed by atoms with Gasteiger partial charge in [0.15, 0.2) is 0 Å². The number of benzene rings is 2. The maximum atomic E-state index is 10.0. The van der Waals surface area contributed by atoms with Crippen molar-refractivity contribution < 1.29 is 9.84 Å². The van der Waals surface area contributed by atoms with Crippen LogP contribution in [0.3, 0.4) is 0 Å². The highest BCUT2D eigenvalue weighted by Gasteiger charge is 2.03. The van der Waals surface area contributed by atoms with E-state index in [1.165, 1.54) is 5.56 Å². The Balaban J connectivity index is 2.08. The van der Waals surface area contributed by atoms with Gasteiger partial charge >= 0.3 is 0 Å². The topological polar surface area (TPSA) is 29.5 Å². The van der Waals surface area contributed by atoms with Gasteiger partial charge in [-0.25, -0.2) is 0 Å². The molecule has 2 heteroatoms. The summed E-state index contributed by atoms with van der Waals surface area (Å²) >= 11 is 0. The van der Waals surface area contributed by atoms with Crippen LogP contribution in [0, 0.1) is 18.8 Å². The minimum absolute atomic E-state index is 0.634. The largest absolute Gasteiger partial charge is 0.494 e. The predicted molar refractivity (Wildman–Crippen MR) is 80.6 cm³/mol. The number of rotatable bonds is 3. The molecular formula is C18H18O2. The fourth-order valence-corrected chi connectivity index (χ4v) is 1.78. The molecule has 0 amide bonds. The SMILES string of the molecule is CCOc1ccc(C(O)C#Cc2ccc(C)cc2)cc1. The van der Waals surface area contributed by atoms with Gasteiger partial charge in [-0.3, -0.25) is 0 Å². The minimum Gasteiger partial charge on any atom is -0.494 e. The number of aliphatic hydroxyl groups is 1. The standard InChI is InChI=1S/C18H18O2/c1-3-20-17-11-9-16(10-12-17)18(19)13-8-15-6-4-14(2)5-7-15/h4-7,9-12,18-19H,3H2,1-2H3. The zero-order chi connectivity index (χ0) is 14.4. The number of hydrogen-bond acceptors (Lipinski definition) is 2. The van der Waals surface area contributed by atoms with Crippen LogP contribution in [0.5, 0.6) is 5.75 Å². The minimum atomic E-state index is -0.785. The molecule has 0 aliphatic rings. The molecule has 0 aliphatic carbocycles. The first-order valence-corrected chi connectivity index (χ1v) is 6.68. The van der Waals surface area contributed by atoms with E-state index >= 15 is 0 Å². The molecule has 0 bridgehead atoms. The van der Waals surface area contributed by atoms with Gasteiger partial charge in [0.05, 0.1) is 6.61 Å². The maximum absolute atomic E-state index is 10.0. The summed E-state index contributed by atoms with van der Waals surface area (Å²) < 4.78 is 5.36. The van der Waals surface area contributed by atoms with Crippen LogP contribution >= 0.6 is 0 Å². The highest BCUT2D eigenvalue weighted by molar-refractivity contribution is 5.39. The lowest BCUT2D eigenvalue weighted by atomic mass is 10.1. The Morgan fingerprint density at radius 1 is 1.05 bits per heavy atom. The molecule has 0 saturated heterocycles.